The monoisotopic (exact) mass is 400 g/mol. The van der Waals surface area contributed by atoms with E-state index >= 15 is 0 Å². The summed E-state index contributed by atoms with van der Waals surface area (Å²) in [7, 11) is -3.81. The molecule has 0 aliphatic carbocycles. The lowest BCUT2D eigenvalue weighted by atomic mass is 10.2. The molecule has 0 atom stereocenters. The minimum atomic E-state index is -4.52. The van der Waals surface area contributed by atoms with Crippen LogP contribution in [0.5, 0.6) is 5.88 Å². The minimum absolute atomic E-state index is 0.0224. The van der Waals surface area contributed by atoms with Crippen molar-refractivity contribution in [3.05, 3.63) is 53.7 Å². The Balaban J connectivity index is 1.67. The normalized spacial score (nSPS) is 16.0. The number of hydrogen-bond donors (Lipinski definition) is 0. The second-order valence-corrected chi connectivity index (χ2v) is 7.96. The van der Waals surface area contributed by atoms with Crippen molar-refractivity contribution in [3.8, 4) is 5.88 Å². The number of ketones is 1. The highest BCUT2D eigenvalue weighted by Crippen LogP contribution is 2.31. The third-order valence-corrected chi connectivity index (χ3v) is 5.87. The Labute approximate surface area is 153 Å². The maximum atomic E-state index is 12.7. The number of carbonyl (C=O) groups excluding carboxylic acids is 1. The highest BCUT2D eigenvalue weighted by atomic mass is 32.2. The van der Waals surface area contributed by atoms with E-state index in [1.165, 1.54) is 31.2 Å². The van der Waals surface area contributed by atoms with Gasteiger partial charge in [0.25, 0.3) is 0 Å². The summed E-state index contributed by atoms with van der Waals surface area (Å²) in [5.74, 6) is -0.474. The van der Waals surface area contributed by atoms with Crippen LogP contribution in [0.4, 0.5) is 13.2 Å². The number of nitrogens with zero attached hydrogens (tertiary/aromatic N) is 2. The van der Waals surface area contributed by atoms with Crippen molar-refractivity contribution < 1.29 is 31.1 Å². The molecule has 0 amide bonds. The number of sulfonamides is 1. The largest absolute Gasteiger partial charge is 0.472 e. The zero-order chi connectivity index (χ0) is 19.8. The number of rotatable bonds is 5. The summed E-state index contributed by atoms with van der Waals surface area (Å²) in [6, 6.07) is 7.26. The van der Waals surface area contributed by atoms with Crippen LogP contribution in [0.15, 0.2) is 47.5 Å². The predicted molar refractivity (Wildman–Crippen MR) is 88.9 cm³/mol. The molecule has 144 valence electrons. The topological polar surface area (TPSA) is 76.6 Å². The smallest absolute Gasteiger partial charge is 0.416 e. The van der Waals surface area contributed by atoms with Gasteiger partial charge in [0.1, 0.15) is 6.10 Å². The predicted octanol–water partition coefficient (Wildman–Crippen LogP) is 2.75. The van der Waals surface area contributed by atoms with Crippen LogP contribution in [0.2, 0.25) is 0 Å². The summed E-state index contributed by atoms with van der Waals surface area (Å²) < 4.78 is 69.7. The number of hydrogen-bond acceptors (Lipinski definition) is 5. The summed E-state index contributed by atoms with van der Waals surface area (Å²) in [6.07, 6.45) is -4.14. The fourth-order valence-electron chi connectivity index (χ4n) is 2.52. The summed E-state index contributed by atoms with van der Waals surface area (Å²) in [5, 5.41) is 0. The molecule has 1 aromatic heterocycles. The number of ether oxygens (including phenoxy) is 1. The second kappa shape index (κ2) is 6.93. The standard InChI is InChI=1S/C17H15F3N2O4S/c1-11(23)12-3-2-4-15(7-12)27(24,25)22-9-14(10-22)26-16-8-13(5-6-21-16)17(18,19)20/h2-8,14H,9-10H2,1H3. The first-order chi connectivity index (χ1) is 12.6. The third kappa shape index (κ3) is 4.11. The van der Waals surface area contributed by atoms with E-state index in [1.807, 2.05) is 0 Å². The van der Waals surface area contributed by atoms with Crippen LogP contribution < -0.4 is 4.74 Å². The van der Waals surface area contributed by atoms with Crippen molar-refractivity contribution in [3.63, 3.8) is 0 Å². The van der Waals surface area contributed by atoms with Gasteiger partial charge in [0.2, 0.25) is 15.9 Å². The van der Waals surface area contributed by atoms with Gasteiger partial charge in [-0.15, -0.1) is 0 Å². The molecule has 10 heteroatoms. The Morgan fingerprint density at radius 1 is 1.22 bits per heavy atom. The van der Waals surface area contributed by atoms with Crippen molar-refractivity contribution in [1.82, 2.24) is 9.29 Å². The van der Waals surface area contributed by atoms with E-state index in [4.69, 9.17) is 4.74 Å². The Kier molecular flexibility index (Phi) is 4.96. The lowest BCUT2D eigenvalue weighted by Crippen LogP contribution is -2.56. The molecule has 0 bridgehead atoms. The third-order valence-electron chi connectivity index (χ3n) is 4.04. The molecule has 0 unspecified atom stereocenters. The highest BCUT2D eigenvalue weighted by Gasteiger charge is 2.39. The lowest BCUT2D eigenvalue weighted by molar-refractivity contribution is -0.137. The summed E-state index contributed by atoms with van der Waals surface area (Å²) >= 11 is 0. The maximum absolute atomic E-state index is 12.7. The average Bonchev–Trinajstić information content (AvgIpc) is 2.57. The lowest BCUT2D eigenvalue weighted by Gasteiger charge is -2.37. The summed E-state index contributed by atoms with van der Waals surface area (Å²) in [4.78, 5) is 15.1. The van der Waals surface area contributed by atoms with Gasteiger partial charge in [0.15, 0.2) is 5.78 Å². The molecular weight excluding hydrogens is 385 g/mol. The molecule has 0 N–H and O–H groups in total. The molecule has 1 aromatic carbocycles. The molecule has 0 spiro atoms. The number of benzene rings is 1. The molecule has 0 saturated carbocycles. The van der Waals surface area contributed by atoms with E-state index in [2.05, 4.69) is 4.98 Å². The molecule has 3 rings (SSSR count). The van der Waals surface area contributed by atoms with Gasteiger partial charge < -0.3 is 4.74 Å². The number of pyridine rings is 1. The van der Waals surface area contributed by atoms with Crippen molar-refractivity contribution in [2.75, 3.05) is 13.1 Å². The first-order valence-corrected chi connectivity index (χ1v) is 9.32. The van der Waals surface area contributed by atoms with Crippen molar-refractivity contribution >= 4 is 15.8 Å². The molecule has 1 saturated heterocycles. The molecule has 1 fully saturated rings. The maximum Gasteiger partial charge on any atom is 0.416 e. The molecular formula is C17H15F3N2O4S. The Bertz CT molecular complexity index is 970. The van der Waals surface area contributed by atoms with Crippen LogP contribution in [-0.2, 0) is 16.2 Å². The molecule has 1 aliphatic heterocycles. The zero-order valence-corrected chi connectivity index (χ0v) is 14.9. The molecule has 2 aromatic rings. The van der Waals surface area contributed by atoms with Crippen LogP contribution >= 0.6 is 0 Å². The number of halogens is 3. The van der Waals surface area contributed by atoms with Gasteiger partial charge in [0.05, 0.1) is 23.5 Å². The van der Waals surface area contributed by atoms with Crippen LogP contribution in [0.1, 0.15) is 22.8 Å². The second-order valence-electron chi connectivity index (χ2n) is 6.03. The summed E-state index contributed by atoms with van der Waals surface area (Å²) in [6.45, 7) is 1.29. The molecule has 6 nitrogen and oxygen atoms in total. The van der Waals surface area contributed by atoms with Crippen LogP contribution in [-0.4, -0.2) is 42.7 Å². The zero-order valence-electron chi connectivity index (χ0n) is 14.1. The molecule has 0 radical (unpaired) electrons. The van der Waals surface area contributed by atoms with Crippen LogP contribution in [0.3, 0.4) is 0 Å². The number of Topliss-reactive ketones (excluding diaryl/α,β-unsaturated/α-hetero) is 1. The van der Waals surface area contributed by atoms with E-state index in [0.29, 0.717) is 0 Å². The Morgan fingerprint density at radius 2 is 1.93 bits per heavy atom. The van der Waals surface area contributed by atoms with Crippen molar-refractivity contribution in [2.45, 2.75) is 24.1 Å². The number of alkyl halides is 3. The first-order valence-electron chi connectivity index (χ1n) is 7.88. The van der Waals surface area contributed by atoms with E-state index < -0.39 is 27.9 Å². The van der Waals surface area contributed by atoms with Gasteiger partial charge in [-0.05, 0) is 25.1 Å². The highest BCUT2D eigenvalue weighted by molar-refractivity contribution is 7.89. The van der Waals surface area contributed by atoms with Gasteiger partial charge in [-0.2, -0.15) is 17.5 Å². The van der Waals surface area contributed by atoms with Crippen LogP contribution in [0.25, 0.3) is 0 Å². The number of carbonyl (C=O) groups is 1. The Morgan fingerprint density at radius 3 is 2.56 bits per heavy atom. The first kappa shape index (κ1) is 19.3. The fraction of sp³-hybridized carbons (Fsp3) is 0.294. The van der Waals surface area contributed by atoms with E-state index in [0.717, 1.165) is 22.6 Å². The van der Waals surface area contributed by atoms with Gasteiger partial charge in [-0.1, -0.05) is 12.1 Å². The molecule has 2 heterocycles. The van der Waals surface area contributed by atoms with Crippen LogP contribution in [0, 0.1) is 0 Å². The van der Waals surface area contributed by atoms with Gasteiger partial charge in [-0.3, -0.25) is 4.79 Å². The van der Waals surface area contributed by atoms with E-state index in [1.54, 1.807) is 0 Å². The van der Waals surface area contributed by atoms with Crippen molar-refractivity contribution in [1.29, 1.82) is 0 Å². The number of aromatic nitrogens is 1. The summed E-state index contributed by atoms with van der Waals surface area (Å²) in [5.41, 5.74) is -0.616. The fourth-order valence-corrected chi connectivity index (χ4v) is 4.07. The molecule has 27 heavy (non-hydrogen) atoms. The van der Waals surface area contributed by atoms with Crippen molar-refractivity contribution in [2.24, 2.45) is 0 Å². The van der Waals surface area contributed by atoms with Gasteiger partial charge in [0, 0.05) is 17.8 Å². The SMILES string of the molecule is CC(=O)c1cccc(S(=O)(=O)N2CC(Oc3cc(C(F)(F)F)ccn3)C2)c1. The van der Waals surface area contributed by atoms with Gasteiger partial charge >= 0.3 is 6.18 Å². The molecule has 1 aliphatic rings. The Hall–Kier alpha value is -2.46. The average molecular weight is 400 g/mol. The van der Waals surface area contributed by atoms with E-state index in [9.17, 15) is 26.4 Å². The minimum Gasteiger partial charge on any atom is -0.472 e. The van der Waals surface area contributed by atoms with E-state index in [-0.39, 0.29) is 35.2 Å². The quantitative estimate of drug-likeness (QED) is 0.722. The van der Waals surface area contributed by atoms with Gasteiger partial charge in [-0.25, -0.2) is 13.4 Å².